The summed E-state index contributed by atoms with van der Waals surface area (Å²) in [6.45, 7) is 4.79. The monoisotopic (exact) mass is 209 g/mol. The smallest absolute Gasteiger partial charge is 0.312 e. The van der Waals surface area contributed by atoms with Crippen LogP contribution >= 0.6 is 0 Å². The quantitative estimate of drug-likeness (QED) is 0.710. The van der Waals surface area contributed by atoms with Gasteiger partial charge in [0.05, 0.1) is 12.0 Å². The Kier molecular flexibility index (Phi) is 1.91. The van der Waals surface area contributed by atoms with E-state index >= 15 is 0 Å². The van der Waals surface area contributed by atoms with Gasteiger partial charge in [0.15, 0.2) is 0 Å². The summed E-state index contributed by atoms with van der Waals surface area (Å²) >= 11 is 0. The summed E-state index contributed by atoms with van der Waals surface area (Å²) in [7, 11) is 0. The molecule has 3 nitrogen and oxygen atoms in total. The van der Waals surface area contributed by atoms with Crippen molar-refractivity contribution in [2.45, 2.75) is 32.6 Å². The zero-order chi connectivity index (χ0) is 10.5. The highest BCUT2D eigenvalue weighted by Crippen LogP contribution is 2.75. The van der Waals surface area contributed by atoms with Gasteiger partial charge in [-0.15, -0.1) is 0 Å². The molecule has 1 heterocycles. The van der Waals surface area contributed by atoms with E-state index in [2.05, 4.69) is 5.32 Å². The van der Waals surface area contributed by atoms with Crippen LogP contribution in [0.2, 0.25) is 0 Å². The van der Waals surface area contributed by atoms with Crippen LogP contribution in [-0.4, -0.2) is 25.7 Å². The van der Waals surface area contributed by atoms with E-state index in [1.807, 2.05) is 6.92 Å². The fraction of sp³-hybridized carbons (Fsp3) is 0.917. The third-order valence-corrected chi connectivity index (χ3v) is 4.44. The van der Waals surface area contributed by atoms with E-state index < -0.39 is 0 Å². The van der Waals surface area contributed by atoms with E-state index in [0.29, 0.717) is 12.0 Å². The Bertz CT molecular complexity index is 276. The van der Waals surface area contributed by atoms with E-state index in [-0.39, 0.29) is 11.4 Å². The van der Waals surface area contributed by atoms with E-state index in [0.717, 1.165) is 25.2 Å². The highest BCUT2D eigenvalue weighted by molar-refractivity contribution is 5.81. The molecule has 1 N–H and O–H groups in total. The van der Waals surface area contributed by atoms with Gasteiger partial charge in [0.1, 0.15) is 0 Å². The Labute approximate surface area is 90.6 Å². The first kappa shape index (κ1) is 9.64. The Morgan fingerprint density at radius 2 is 2.07 bits per heavy atom. The Hall–Kier alpha value is -0.570. The summed E-state index contributed by atoms with van der Waals surface area (Å²) in [5.74, 6) is 0.948. The minimum absolute atomic E-state index is 0.0345. The molecule has 2 bridgehead atoms. The van der Waals surface area contributed by atoms with Crippen molar-refractivity contribution in [3.63, 3.8) is 0 Å². The number of rotatable bonds is 4. The molecule has 0 spiro atoms. The second-order valence-corrected chi connectivity index (χ2v) is 5.76. The lowest BCUT2D eigenvalue weighted by Crippen LogP contribution is -2.67. The van der Waals surface area contributed by atoms with E-state index in [9.17, 15) is 4.79 Å². The summed E-state index contributed by atoms with van der Waals surface area (Å²) in [6.07, 6.45) is 4.65. The minimum atomic E-state index is -0.0345. The van der Waals surface area contributed by atoms with Gasteiger partial charge in [0, 0.05) is 0 Å². The Morgan fingerprint density at radius 1 is 1.40 bits per heavy atom. The zero-order valence-electron chi connectivity index (χ0n) is 9.34. The van der Waals surface area contributed by atoms with Crippen molar-refractivity contribution >= 4 is 5.97 Å². The fourth-order valence-corrected chi connectivity index (χ4v) is 3.82. The van der Waals surface area contributed by atoms with Gasteiger partial charge in [0.2, 0.25) is 0 Å². The van der Waals surface area contributed by atoms with Crippen LogP contribution in [0.4, 0.5) is 0 Å². The van der Waals surface area contributed by atoms with Gasteiger partial charge in [-0.25, -0.2) is 0 Å². The number of hydrogen-bond acceptors (Lipinski definition) is 3. The number of ether oxygens (including phenoxy) is 1. The summed E-state index contributed by atoms with van der Waals surface area (Å²) in [6, 6.07) is 0. The van der Waals surface area contributed by atoms with Gasteiger partial charge < -0.3 is 10.1 Å². The van der Waals surface area contributed by atoms with Gasteiger partial charge in [-0.3, -0.25) is 4.79 Å². The first-order valence-corrected chi connectivity index (χ1v) is 6.06. The first-order chi connectivity index (χ1) is 7.18. The molecule has 15 heavy (non-hydrogen) atoms. The molecule has 0 aromatic carbocycles. The van der Waals surface area contributed by atoms with Crippen LogP contribution in [0.5, 0.6) is 0 Å². The van der Waals surface area contributed by atoms with Gasteiger partial charge in [-0.2, -0.15) is 0 Å². The van der Waals surface area contributed by atoms with E-state index in [1.165, 1.54) is 19.5 Å². The van der Waals surface area contributed by atoms with Crippen molar-refractivity contribution in [3.05, 3.63) is 0 Å². The average molecular weight is 209 g/mol. The van der Waals surface area contributed by atoms with Crippen LogP contribution in [0.3, 0.4) is 0 Å². The first-order valence-electron chi connectivity index (χ1n) is 6.06. The molecule has 0 aromatic heterocycles. The second-order valence-electron chi connectivity index (χ2n) is 5.76. The highest BCUT2D eigenvalue weighted by Gasteiger charge is 2.72. The SMILES string of the molecule is CCOC(=O)C12CC(CC3CNC3)(C1)C2. The van der Waals surface area contributed by atoms with Crippen molar-refractivity contribution < 1.29 is 9.53 Å². The third kappa shape index (κ3) is 1.25. The highest BCUT2D eigenvalue weighted by atomic mass is 16.5. The summed E-state index contributed by atoms with van der Waals surface area (Å²) in [5.41, 5.74) is 0.507. The van der Waals surface area contributed by atoms with Crippen molar-refractivity contribution in [2.24, 2.45) is 16.7 Å². The zero-order valence-corrected chi connectivity index (χ0v) is 9.34. The van der Waals surface area contributed by atoms with Crippen molar-refractivity contribution in [1.82, 2.24) is 5.32 Å². The van der Waals surface area contributed by atoms with E-state index in [1.54, 1.807) is 0 Å². The minimum Gasteiger partial charge on any atom is -0.466 e. The fourth-order valence-electron chi connectivity index (χ4n) is 3.82. The molecule has 4 rings (SSSR count). The van der Waals surface area contributed by atoms with Crippen LogP contribution in [0.25, 0.3) is 0 Å². The summed E-state index contributed by atoms with van der Waals surface area (Å²) in [5, 5.41) is 3.31. The maximum absolute atomic E-state index is 11.7. The van der Waals surface area contributed by atoms with Crippen molar-refractivity contribution in [1.29, 1.82) is 0 Å². The standard InChI is InChI=1S/C12H19NO2/c1-2-15-10(14)12-6-11(7-12,8-12)3-9-4-13-5-9/h9,13H,2-8H2,1H3. The van der Waals surface area contributed by atoms with Crippen molar-refractivity contribution in [3.8, 4) is 0 Å². The number of carbonyl (C=O) groups is 1. The maximum atomic E-state index is 11.7. The molecule has 3 heteroatoms. The lowest BCUT2D eigenvalue weighted by atomic mass is 9.33. The summed E-state index contributed by atoms with van der Waals surface area (Å²) in [4.78, 5) is 11.7. The lowest BCUT2D eigenvalue weighted by Gasteiger charge is -2.70. The number of carbonyl (C=O) groups excluding carboxylic acids is 1. The van der Waals surface area contributed by atoms with Crippen LogP contribution in [0.15, 0.2) is 0 Å². The van der Waals surface area contributed by atoms with Gasteiger partial charge >= 0.3 is 5.97 Å². The molecule has 4 fully saturated rings. The topological polar surface area (TPSA) is 38.3 Å². The van der Waals surface area contributed by atoms with Crippen LogP contribution in [0.1, 0.15) is 32.6 Å². The number of esters is 1. The lowest BCUT2D eigenvalue weighted by molar-refractivity contribution is -0.233. The molecular formula is C12H19NO2. The van der Waals surface area contributed by atoms with Crippen LogP contribution < -0.4 is 5.32 Å². The average Bonchev–Trinajstić information content (AvgIpc) is 1.96. The molecular weight excluding hydrogens is 190 g/mol. The molecule has 0 unspecified atom stereocenters. The van der Waals surface area contributed by atoms with Crippen LogP contribution in [-0.2, 0) is 9.53 Å². The number of hydrogen-bond donors (Lipinski definition) is 1. The van der Waals surface area contributed by atoms with Crippen molar-refractivity contribution in [2.75, 3.05) is 19.7 Å². The molecule has 3 aliphatic carbocycles. The molecule has 1 saturated heterocycles. The molecule has 4 aliphatic rings. The Morgan fingerprint density at radius 3 is 2.53 bits per heavy atom. The predicted molar refractivity (Wildman–Crippen MR) is 56.3 cm³/mol. The van der Waals surface area contributed by atoms with E-state index in [4.69, 9.17) is 4.74 Å². The largest absolute Gasteiger partial charge is 0.466 e. The van der Waals surface area contributed by atoms with Crippen LogP contribution in [0, 0.1) is 16.7 Å². The van der Waals surface area contributed by atoms with Gasteiger partial charge in [-0.05, 0) is 57.0 Å². The Balaban J connectivity index is 1.51. The molecule has 3 saturated carbocycles. The van der Waals surface area contributed by atoms with Gasteiger partial charge in [0.25, 0.3) is 0 Å². The molecule has 0 radical (unpaired) electrons. The second kappa shape index (κ2) is 2.97. The number of nitrogens with one attached hydrogen (secondary N) is 1. The summed E-state index contributed by atoms with van der Waals surface area (Å²) < 4.78 is 5.13. The molecule has 0 aromatic rings. The molecule has 0 atom stereocenters. The normalized spacial score (nSPS) is 42.5. The maximum Gasteiger partial charge on any atom is 0.312 e. The van der Waals surface area contributed by atoms with Gasteiger partial charge in [-0.1, -0.05) is 0 Å². The molecule has 84 valence electrons. The molecule has 0 amide bonds. The molecule has 1 aliphatic heterocycles. The third-order valence-electron chi connectivity index (χ3n) is 4.44. The predicted octanol–water partition coefficient (Wildman–Crippen LogP) is 1.33.